The lowest BCUT2D eigenvalue weighted by molar-refractivity contribution is 0.601. The highest BCUT2D eigenvalue weighted by molar-refractivity contribution is 5.78. The third-order valence-electron chi connectivity index (χ3n) is 4.41. The second kappa shape index (κ2) is 3.64. The molecular weight excluding hydrogens is 210 g/mol. The number of anilines is 2. The normalized spacial score (nSPS) is 26.5. The van der Waals surface area contributed by atoms with Crippen LogP contribution in [0.1, 0.15) is 18.4 Å². The lowest BCUT2D eigenvalue weighted by atomic mass is 10.0. The minimum Gasteiger partial charge on any atom is -0.366 e. The SMILES string of the molecule is c1cc2c3c(c1)N1CCC[C@@H]1CN3CCNC2. The van der Waals surface area contributed by atoms with Crippen molar-refractivity contribution < 1.29 is 0 Å². The molecule has 0 amide bonds. The van der Waals surface area contributed by atoms with Gasteiger partial charge in [-0.15, -0.1) is 0 Å². The summed E-state index contributed by atoms with van der Waals surface area (Å²) in [5.74, 6) is 0. The minimum absolute atomic E-state index is 0.760. The van der Waals surface area contributed by atoms with Crippen molar-refractivity contribution in [2.45, 2.75) is 25.4 Å². The van der Waals surface area contributed by atoms with Crippen molar-refractivity contribution in [1.82, 2.24) is 5.32 Å². The number of rotatable bonds is 0. The maximum absolute atomic E-state index is 3.53. The van der Waals surface area contributed by atoms with E-state index in [-0.39, 0.29) is 0 Å². The van der Waals surface area contributed by atoms with Gasteiger partial charge in [-0.2, -0.15) is 0 Å². The van der Waals surface area contributed by atoms with Gasteiger partial charge in [0.1, 0.15) is 0 Å². The van der Waals surface area contributed by atoms with Gasteiger partial charge in [0.25, 0.3) is 0 Å². The van der Waals surface area contributed by atoms with Crippen molar-refractivity contribution in [3.63, 3.8) is 0 Å². The molecule has 17 heavy (non-hydrogen) atoms. The first-order valence-corrected chi connectivity index (χ1v) is 6.78. The highest BCUT2D eigenvalue weighted by atomic mass is 15.3. The molecule has 3 aliphatic rings. The van der Waals surface area contributed by atoms with E-state index in [2.05, 4.69) is 33.3 Å². The first-order chi connectivity index (χ1) is 8.43. The molecule has 3 nitrogen and oxygen atoms in total. The molecule has 0 bridgehead atoms. The van der Waals surface area contributed by atoms with Crippen LogP contribution in [0.5, 0.6) is 0 Å². The predicted molar refractivity (Wildman–Crippen MR) is 70.7 cm³/mol. The van der Waals surface area contributed by atoms with Gasteiger partial charge >= 0.3 is 0 Å². The van der Waals surface area contributed by atoms with E-state index in [1.54, 1.807) is 0 Å². The number of hydrogen-bond acceptors (Lipinski definition) is 3. The number of nitrogens with one attached hydrogen (secondary N) is 1. The molecule has 3 heteroatoms. The Morgan fingerprint density at radius 1 is 1.24 bits per heavy atom. The number of benzene rings is 1. The summed E-state index contributed by atoms with van der Waals surface area (Å²) in [5.41, 5.74) is 4.47. The van der Waals surface area contributed by atoms with Gasteiger partial charge in [0.05, 0.1) is 11.4 Å². The molecule has 1 fully saturated rings. The molecule has 0 unspecified atom stereocenters. The zero-order valence-electron chi connectivity index (χ0n) is 10.2. The van der Waals surface area contributed by atoms with Crippen LogP contribution in [0.15, 0.2) is 18.2 Å². The van der Waals surface area contributed by atoms with Gasteiger partial charge in [-0.3, -0.25) is 0 Å². The Morgan fingerprint density at radius 2 is 2.24 bits per heavy atom. The molecule has 3 heterocycles. The lowest BCUT2D eigenvalue weighted by Crippen LogP contribution is -2.46. The third-order valence-corrected chi connectivity index (χ3v) is 4.41. The molecule has 0 aliphatic carbocycles. The van der Waals surface area contributed by atoms with Crippen molar-refractivity contribution >= 4 is 11.4 Å². The maximum Gasteiger partial charge on any atom is 0.0650 e. The van der Waals surface area contributed by atoms with Crippen LogP contribution < -0.4 is 15.1 Å². The second-order valence-corrected chi connectivity index (χ2v) is 5.40. The minimum atomic E-state index is 0.760. The third kappa shape index (κ3) is 1.38. The van der Waals surface area contributed by atoms with Gasteiger partial charge in [0, 0.05) is 38.8 Å². The average molecular weight is 229 g/mol. The number of nitrogens with zero attached hydrogens (tertiary/aromatic N) is 2. The topological polar surface area (TPSA) is 18.5 Å². The lowest BCUT2D eigenvalue weighted by Gasteiger charge is -2.41. The van der Waals surface area contributed by atoms with Crippen LogP contribution in [-0.2, 0) is 6.54 Å². The first kappa shape index (κ1) is 9.77. The van der Waals surface area contributed by atoms with E-state index in [1.807, 2.05) is 0 Å². The Bertz CT molecular complexity index is 443. The van der Waals surface area contributed by atoms with E-state index in [9.17, 15) is 0 Å². The zero-order valence-corrected chi connectivity index (χ0v) is 10.2. The van der Waals surface area contributed by atoms with Crippen LogP contribution >= 0.6 is 0 Å². The molecule has 1 aromatic rings. The van der Waals surface area contributed by atoms with E-state index in [0.29, 0.717) is 0 Å². The van der Waals surface area contributed by atoms with Crippen molar-refractivity contribution in [1.29, 1.82) is 0 Å². The summed E-state index contributed by atoms with van der Waals surface area (Å²) in [4.78, 5) is 5.25. The molecule has 1 aromatic carbocycles. The molecule has 90 valence electrons. The van der Waals surface area contributed by atoms with Gasteiger partial charge in [0.15, 0.2) is 0 Å². The van der Waals surface area contributed by atoms with Crippen LogP contribution in [0, 0.1) is 0 Å². The van der Waals surface area contributed by atoms with E-state index in [4.69, 9.17) is 0 Å². The molecule has 4 rings (SSSR count). The van der Waals surface area contributed by atoms with Crippen molar-refractivity contribution in [3.05, 3.63) is 23.8 Å². The number of fused-ring (bicyclic) bond motifs is 2. The monoisotopic (exact) mass is 229 g/mol. The Hall–Kier alpha value is -1.22. The fraction of sp³-hybridized carbons (Fsp3) is 0.571. The highest BCUT2D eigenvalue weighted by Gasteiger charge is 2.35. The fourth-order valence-electron chi connectivity index (χ4n) is 3.65. The van der Waals surface area contributed by atoms with Crippen molar-refractivity contribution in [2.75, 3.05) is 36.0 Å². The number of hydrogen-bond donors (Lipinski definition) is 1. The van der Waals surface area contributed by atoms with E-state index in [1.165, 1.54) is 42.9 Å². The number of para-hydroxylation sites is 1. The Labute approximate surface area is 102 Å². The predicted octanol–water partition coefficient (Wildman–Crippen LogP) is 1.58. The Balaban J connectivity index is 1.88. The summed E-state index contributed by atoms with van der Waals surface area (Å²) in [6.45, 7) is 5.78. The first-order valence-electron chi connectivity index (χ1n) is 6.78. The van der Waals surface area contributed by atoms with Crippen LogP contribution in [-0.4, -0.2) is 32.2 Å². The maximum atomic E-state index is 3.53. The molecule has 0 radical (unpaired) electrons. The van der Waals surface area contributed by atoms with Crippen LogP contribution in [0.25, 0.3) is 0 Å². The quantitative estimate of drug-likeness (QED) is 0.728. The molecule has 0 saturated carbocycles. The van der Waals surface area contributed by atoms with Crippen LogP contribution in [0.2, 0.25) is 0 Å². The summed E-state index contributed by atoms with van der Waals surface area (Å²) in [5, 5.41) is 3.53. The van der Waals surface area contributed by atoms with E-state index in [0.717, 1.165) is 25.7 Å². The molecule has 1 saturated heterocycles. The largest absolute Gasteiger partial charge is 0.366 e. The average Bonchev–Trinajstić information content (AvgIpc) is 2.73. The molecule has 1 atom stereocenters. The highest BCUT2D eigenvalue weighted by Crippen LogP contribution is 2.41. The van der Waals surface area contributed by atoms with Gasteiger partial charge in [-0.05, 0) is 24.5 Å². The van der Waals surface area contributed by atoms with Crippen LogP contribution in [0.3, 0.4) is 0 Å². The standard InChI is InChI=1S/C14H19N3/c1-3-11-9-15-6-8-16-10-12-4-2-7-17(12)13(5-1)14(11)16/h1,3,5,12,15H,2,4,6-10H2/t12-/m1/s1. The Kier molecular flexibility index (Phi) is 2.09. The van der Waals surface area contributed by atoms with Gasteiger partial charge in [-0.25, -0.2) is 0 Å². The molecule has 0 spiro atoms. The van der Waals surface area contributed by atoms with Crippen molar-refractivity contribution in [3.8, 4) is 0 Å². The van der Waals surface area contributed by atoms with E-state index >= 15 is 0 Å². The fourth-order valence-corrected chi connectivity index (χ4v) is 3.65. The van der Waals surface area contributed by atoms with Gasteiger partial charge in [0.2, 0.25) is 0 Å². The summed E-state index contributed by atoms with van der Waals surface area (Å²) in [6.07, 6.45) is 2.73. The zero-order chi connectivity index (χ0) is 11.2. The summed E-state index contributed by atoms with van der Waals surface area (Å²) in [6, 6.07) is 7.57. The molecular formula is C14H19N3. The van der Waals surface area contributed by atoms with E-state index < -0.39 is 0 Å². The smallest absolute Gasteiger partial charge is 0.0650 e. The van der Waals surface area contributed by atoms with Gasteiger partial charge < -0.3 is 15.1 Å². The summed E-state index contributed by atoms with van der Waals surface area (Å²) >= 11 is 0. The molecule has 0 aromatic heterocycles. The Morgan fingerprint density at radius 3 is 3.24 bits per heavy atom. The summed E-state index contributed by atoms with van der Waals surface area (Å²) < 4.78 is 0. The van der Waals surface area contributed by atoms with Crippen LogP contribution in [0.4, 0.5) is 11.4 Å². The molecule has 3 aliphatic heterocycles. The molecule has 1 N–H and O–H groups in total. The van der Waals surface area contributed by atoms with Crippen molar-refractivity contribution in [2.24, 2.45) is 0 Å². The summed E-state index contributed by atoms with van der Waals surface area (Å²) in [7, 11) is 0. The van der Waals surface area contributed by atoms with Gasteiger partial charge in [-0.1, -0.05) is 12.1 Å². The second-order valence-electron chi connectivity index (χ2n) is 5.40.